The molecular weight excluding hydrogens is 310 g/mol. The van der Waals surface area contributed by atoms with E-state index >= 15 is 0 Å². The predicted octanol–water partition coefficient (Wildman–Crippen LogP) is 2.62. The summed E-state index contributed by atoms with van der Waals surface area (Å²) in [6, 6.07) is 7.36. The van der Waals surface area contributed by atoms with Gasteiger partial charge in [-0.2, -0.15) is 0 Å². The van der Waals surface area contributed by atoms with Crippen molar-refractivity contribution < 1.29 is 14.3 Å². The molecule has 0 bridgehead atoms. The third kappa shape index (κ3) is 5.61. The van der Waals surface area contributed by atoms with E-state index in [1.165, 1.54) is 7.11 Å². The highest BCUT2D eigenvalue weighted by atomic mass is 79.9. The number of esters is 1. The fraction of sp³-hybridized carbons (Fsp3) is 0.500. The summed E-state index contributed by atoms with van der Waals surface area (Å²) in [6.07, 6.45) is 0. The number of benzene rings is 1. The first-order valence-corrected chi connectivity index (χ1v) is 7.03. The maximum absolute atomic E-state index is 11.5. The molecule has 1 rings (SSSR count). The van der Waals surface area contributed by atoms with Gasteiger partial charge < -0.3 is 14.8 Å². The zero-order valence-corrected chi connectivity index (χ0v) is 13.1. The third-order valence-corrected chi connectivity index (χ3v) is 3.15. The Morgan fingerprint density at radius 3 is 2.74 bits per heavy atom. The monoisotopic (exact) mass is 329 g/mol. The van der Waals surface area contributed by atoms with Crippen LogP contribution in [0.1, 0.15) is 13.8 Å². The van der Waals surface area contributed by atoms with Gasteiger partial charge in [-0.05, 0) is 24.1 Å². The molecule has 1 aromatic carbocycles. The number of halogens is 1. The van der Waals surface area contributed by atoms with Crippen molar-refractivity contribution in [3.05, 3.63) is 28.7 Å². The van der Waals surface area contributed by atoms with E-state index in [9.17, 15) is 4.79 Å². The minimum Gasteiger partial charge on any atom is -0.492 e. The number of carbonyl (C=O) groups excluding carboxylic acids is 1. The van der Waals surface area contributed by atoms with E-state index in [0.717, 1.165) is 10.2 Å². The molecule has 0 aliphatic heterocycles. The van der Waals surface area contributed by atoms with E-state index in [-0.39, 0.29) is 17.9 Å². The van der Waals surface area contributed by atoms with Crippen LogP contribution in [-0.2, 0) is 9.53 Å². The van der Waals surface area contributed by atoms with E-state index in [1.54, 1.807) is 0 Å². The Kier molecular flexibility index (Phi) is 6.87. The number of nitrogens with one attached hydrogen (secondary N) is 1. The minimum absolute atomic E-state index is 0.179. The summed E-state index contributed by atoms with van der Waals surface area (Å²) < 4.78 is 11.3. The van der Waals surface area contributed by atoms with Crippen LogP contribution in [-0.4, -0.2) is 32.3 Å². The van der Waals surface area contributed by atoms with Gasteiger partial charge in [0, 0.05) is 11.0 Å². The van der Waals surface area contributed by atoms with Gasteiger partial charge in [-0.3, -0.25) is 4.79 Å². The largest absolute Gasteiger partial charge is 0.492 e. The van der Waals surface area contributed by atoms with Crippen molar-refractivity contribution in [2.45, 2.75) is 19.9 Å². The first-order chi connectivity index (χ1) is 9.04. The van der Waals surface area contributed by atoms with Crippen LogP contribution in [0.25, 0.3) is 0 Å². The molecule has 0 aliphatic carbocycles. The minimum atomic E-state index is -0.295. The lowest BCUT2D eigenvalue weighted by Crippen LogP contribution is -2.43. The van der Waals surface area contributed by atoms with Crippen LogP contribution < -0.4 is 10.1 Å². The fourth-order valence-electron chi connectivity index (χ4n) is 1.66. The lowest BCUT2D eigenvalue weighted by atomic mass is 10.1. The number of hydrogen-bond acceptors (Lipinski definition) is 4. The van der Waals surface area contributed by atoms with E-state index in [0.29, 0.717) is 13.2 Å². The number of ether oxygens (including phenoxy) is 2. The van der Waals surface area contributed by atoms with Crippen LogP contribution in [0, 0.1) is 5.92 Å². The number of hydrogen-bond donors (Lipinski definition) is 1. The second kappa shape index (κ2) is 8.17. The summed E-state index contributed by atoms with van der Waals surface area (Å²) in [5.41, 5.74) is 0. The highest BCUT2D eigenvalue weighted by molar-refractivity contribution is 9.10. The Balaban J connectivity index is 2.35. The molecule has 1 aromatic rings. The van der Waals surface area contributed by atoms with Crippen molar-refractivity contribution in [1.29, 1.82) is 0 Å². The van der Waals surface area contributed by atoms with Gasteiger partial charge >= 0.3 is 5.97 Å². The van der Waals surface area contributed by atoms with Gasteiger partial charge in [-0.15, -0.1) is 0 Å². The lowest BCUT2D eigenvalue weighted by molar-refractivity contribution is -0.144. The molecule has 5 heteroatoms. The maximum Gasteiger partial charge on any atom is 0.323 e. The molecule has 0 fully saturated rings. The SMILES string of the molecule is COC(=O)C(NCCOc1cccc(Br)c1)C(C)C. The normalized spacial score (nSPS) is 12.3. The molecule has 0 spiro atoms. The van der Waals surface area contributed by atoms with Crippen LogP contribution in [0.4, 0.5) is 0 Å². The smallest absolute Gasteiger partial charge is 0.323 e. The van der Waals surface area contributed by atoms with Crippen molar-refractivity contribution in [3.8, 4) is 5.75 Å². The highest BCUT2D eigenvalue weighted by Crippen LogP contribution is 2.17. The Hall–Kier alpha value is -1.07. The van der Waals surface area contributed by atoms with Crippen molar-refractivity contribution in [1.82, 2.24) is 5.32 Å². The molecule has 0 aliphatic rings. The standard InChI is InChI=1S/C14H20BrNO3/c1-10(2)13(14(17)18-3)16-7-8-19-12-6-4-5-11(15)9-12/h4-6,9-10,13,16H,7-8H2,1-3H3. The lowest BCUT2D eigenvalue weighted by Gasteiger charge is -2.19. The highest BCUT2D eigenvalue weighted by Gasteiger charge is 2.21. The fourth-order valence-corrected chi connectivity index (χ4v) is 2.04. The van der Waals surface area contributed by atoms with Gasteiger partial charge in [0.15, 0.2) is 0 Å². The topological polar surface area (TPSA) is 47.6 Å². The van der Waals surface area contributed by atoms with Gasteiger partial charge in [0.1, 0.15) is 18.4 Å². The van der Waals surface area contributed by atoms with E-state index in [1.807, 2.05) is 38.1 Å². The summed E-state index contributed by atoms with van der Waals surface area (Å²) in [5.74, 6) is 0.742. The van der Waals surface area contributed by atoms with Gasteiger partial charge in [0.25, 0.3) is 0 Å². The first kappa shape index (κ1) is 16.0. The summed E-state index contributed by atoms with van der Waals surface area (Å²) in [5, 5.41) is 3.14. The Morgan fingerprint density at radius 2 is 2.16 bits per heavy atom. The van der Waals surface area contributed by atoms with Crippen LogP contribution in [0.2, 0.25) is 0 Å². The summed E-state index contributed by atoms with van der Waals surface area (Å²) in [7, 11) is 1.40. The maximum atomic E-state index is 11.5. The Labute approximate surface area is 122 Å². The Morgan fingerprint density at radius 1 is 1.42 bits per heavy atom. The van der Waals surface area contributed by atoms with Crippen LogP contribution in [0.5, 0.6) is 5.75 Å². The van der Waals surface area contributed by atoms with Crippen molar-refractivity contribution in [2.24, 2.45) is 5.92 Å². The van der Waals surface area contributed by atoms with Crippen LogP contribution in [0.3, 0.4) is 0 Å². The second-order valence-electron chi connectivity index (χ2n) is 4.50. The average Bonchev–Trinajstić information content (AvgIpc) is 2.37. The molecule has 4 nitrogen and oxygen atoms in total. The molecule has 0 radical (unpaired) electrons. The van der Waals surface area contributed by atoms with Gasteiger partial charge in [-0.1, -0.05) is 35.8 Å². The quantitative estimate of drug-likeness (QED) is 0.617. The molecule has 0 heterocycles. The summed E-state index contributed by atoms with van der Waals surface area (Å²) >= 11 is 3.38. The third-order valence-electron chi connectivity index (χ3n) is 2.65. The average molecular weight is 330 g/mol. The zero-order valence-electron chi connectivity index (χ0n) is 11.5. The molecule has 0 amide bonds. The molecule has 1 unspecified atom stereocenters. The van der Waals surface area contributed by atoms with Gasteiger partial charge in [0.2, 0.25) is 0 Å². The van der Waals surface area contributed by atoms with E-state index in [2.05, 4.69) is 21.2 Å². The van der Waals surface area contributed by atoms with E-state index in [4.69, 9.17) is 9.47 Å². The molecular formula is C14H20BrNO3. The predicted molar refractivity (Wildman–Crippen MR) is 78.3 cm³/mol. The molecule has 0 saturated carbocycles. The molecule has 1 atom stereocenters. The van der Waals surface area contributed by atoms with Crippen molar-refractivity contribution in [3.63, 3.8) is 0 Å². The van der Waals surface area contributed by atoms with Crippen LogP contribution >= 0.6 is 15.9 Å². The number of methoxy groups -OCH3 is 1. The zero-order chi connectivity index (χ0) is 14.3. The van der Waals surface area contributed by atoms with Gasteiger partial charge in [0.05, 0.1) is 7.11 Å². The molecule has 106 valence electrons. The molecule has 0 saturated heterocycles. The van der Waals surface area contributed by atoms with Crippen LogP contribution in [0.15, 0.2) is 28.7 Å². The molecule has 19 heavy (non-hydrogen) atoms. The molecule has 0 aromatic heterocycles. The summed E-state index contributed by atoms with van der Waals surface area (Å²) in [6.45, 7) is 5.04. The van der Waals surface area contributed by atoms with Crippen molar-refractivity contribution in [2.75, 3.05) is 20.3 Å². The Bertz CT molecular complexity index is 409. The van der Waals surface area contributed by atoms with E-state index < -0.39 is 0 Å². The van der Waals surface area contributed by atoms with Gasteiger partial charge in [-0.25, -0.2) is 0 Å². The second-order valence-corrected chi connectivity index (χ2v) is 5.42. The first-order valence-electron chi connectivity index (χ1n) is 6.24. The molecule has 1 N–H and O–H groups in total. The number of rotatable bonds is 7. The van der Waals surface area contributed by atoms with Crippen molar-refractivity contribution >= 4 is 21.9 Å². The summed E-state index contributed by atoms with van der Waals surface area (Å²) in [4.78, 5) is 11.5. The number of carbonyl (C=O) groups is 1.